The van der Waals surface area contributed by atoms with Crippen molar-refractivity contribution in [2.45, 2.75) is 344 Å². The molecule has 2 atom stereocenters. The van der Waals surface area contributed by atoms with Crippen molar-refractivity contribution < 1.29 is 19.2 Å². The molecule has 462 valence electrons. The fourth-order valence-electron chi connectivity index (χ4n) is 11.5. The lowest BCUT2D eigenvalue weighted by Gasteiger charge is -2.34. The number of amides is 4. The largest absolute Gasteiger partial charge is 0.354 e. The highest BCUT2D eigenvalue weighted by atomic mass is 16.2. The molecule has 0 aliphatic heterocycles. The van der Waals surface area contributed by atoms with E-state index in [1.54, 1.807) is 0 Å². The van der Waals surface area contributed by atoms with Crippen LogP contribution in [0.15, 0.2) is 0 Å². The second-order valence-electron chi connectivity index (χ2n) is 24.4. The summed E-state index contributed by atoms with van der Waals surface area (Å²) in [6.07, 6.45) is 51.0. The summed E-state index contributed by atoms with van der Waals surface area (Å²) >= 11 is 0. The van der Waals surface area contributed by atoms with Crippen molar-refractivity contribution in [3.8, 4) is 0 Å². The van der Waals surface area contributed by atoms with Crippen LogP contribution in [0, 0.1) is 11.8 Å². The van der Waals surface area contributed by atoms with Gasteiger partial charge in [-0.15, -0.1) is 0 Å². The monoisotopic (exact) mass is 1100 g/mol. The molecule has 0 aliphatic rings. The average molecular weight is 1100 g/mol. The third-order valence-corrected chi connectivity index (χ3v) is 16.6. The van der Waals surface area contributed by atoms with Gasteiger partial charge in [-0.3, -0.25) is 19.2 Å². The van der Waals surface area contributed by atoms with Crippen LogP contribution in [-0.2, 0) is 19.2 Å². The third-order valence-electron chi connectivity index (χ3n) is 16.6. The Labute approximate surface area is 486 Å². The lowest BCUT2D eigenvalue weighted by molar-refractivity contribution is -0.142. The van der Waals surface area contributed by atoms with E-state index >= 15 is 0 Å². The number of unbranched alkanes of at least 4 members (excludes halogenated alkanes) is 35. The standard InChI is InChI=1S/C68H136N6O4/c1-10-15-17-19-21-23-25-27-29-31-33-35-37-39-41-43-47-53-63(75)73(59-51-55-69-12-3)65(61(6)7)67(77)70-56-49-45-46-50-57-71-68(78)66(62(8)9)74(60-52-58-72(13-4)14-5)64(76)54-48-44-42-40-38-36-34-32-30-28-26-24-22-20-18-16-11-2/h61-62,65-66,69H,10-60H2,1-9H3,(H,70,77)(H,71,78). The first-order valence-electron chi connectivity index (χ1n) is 34.6. The molecular weight excluding hydrogens is 965 g/mol. The molecule has 0 aliphatic carbocycles. The minimum atomic E-state index is -0.475. The van der Waals surface area contributed by atoms with E-state index in [1.165, 1.54) is 193 Å². The lowest BCUT2D eigenvalue weighted by atomic mass is 9.99. The van der Waals surface area contributed by atoms with Gasteiger partial charge in [0.15, 0.2) is 0 Å². The van der Waals surface area contributed by atoms with E-state index in [0.29, 0.717) is 39.0 Å². The van der Waals surface area contributed by atoms with Gasteiger partial charge in [0, 0.05) is 39.0 Å². The van der Waals surface area contributed by atoms with Gasteiger partial charge in [-0.1, -0.05) is 281 Å². The molecule has 0 saturated heterocycles. The molecule has 78 heavy (non-hydrogen) atoms. The van der Waals surface area contributed by atoms with Crippen molar-refractivity contribution in [3.05, 3.63) is 0 Å². The summed E-state index contributed by atoms with van der Waals surface area (Å²) in [5.41, 5.74) is 0. The summed E-state index contributed by atoms with van der Waals surface area (Å²) in [5, 5.41) is 9.81. The summed E-state index contributed by atoms with van der Waals surface area (Å²) in [4.78, 5) is 61.7. The predicted octanol–water partition coefficient (Wildman–Crippen LogP) is 17.3. The molecule has 0 saturated carbocycles. The molecule has 0 rings (SSSR count). The van der Waals surface area contributed by atoms with Crippen LogP contribution in [0.5, 0.6) is 0 Å². The van der Waals surface area contributed by atoms with Crippen molar-refractivity contribution in [1.29, 1.82) is 0 Å². The quantitative estimate of drug-likeness (QED) is 0.0523. The maximum atomic E-state index is 13.9. The number of rotatable bonds is 60. The van der Waals surface area contributed by atoms with Crippen LogP contribution in [0.2, 0.25) is 0 Å². The first-order chi connectivity index (χ1) is 38.0. The zero-order valence-corrected chi connectivity index (χ0v) is 53.8. The Morgan fingerprint density at radius 3 is 0.885 bits per heavy atom. The Bertz CT molecular complexity index is 1340. The number of nitrogens with one attached hydrogen (secondary N) is 3. The molecule has 0 heterocycles. The van der Waals surface area contributed by atoms with E-state index in [1.807, 2.05) is 9.80 Å². The maximum Gasteiger partial charge on any atom is 0.243 e. The Morgan fingerprint density at radius 2 is 0.603 bits per heavy atom. The topological polar surface area (TPSA) is 114 Å². The average Bonchev–Trinajstić information content (AvgIpc) is 3.43. The lowest BCUT2D eigenvalue weighted by Crippen LogP contribution is -2.53. The van der Waals surface area contributed by atoms with Crippen molar-refractivity contribution in [2.24, 2.45) is 11.8 Å². The van der Waals surface area contributed by atoms with Crippen LogP contribution in [0.3, 0.4) is 0 Å². The Kier molecular flexibility index (Phi) is 55.1. The SMILES string of the molecule is CCCCCCCCCCCCCCCCCCCC(=O)N(CCCNCC)C(C(=O)NCCCCCCNC(=O)C(C(C)C)N(CCCN(CC)CC)C(=O)CCCCCCCCCCCCCCCCCCC)C(C)C. The second kappa shape index (κ2) is 56.7. The zero-order valence-electron chi connectivity index (χ0n) is 53.8. The predicted molar refractivity (Wildman–Crippen MR) is 338 cm³/mol. The van der Waals surface area contributed by atoms with E-state index in [2.05, 4.69) is 83.2 Å². The number of nitrogens with zero attached hydrogens (tertiary/aromatic N) is 3. The van der Waals surface area contributed by atoms with Crippen LogP contribution in [0.25, 0.3) is 0 Å². The Hall–Kier alpha value is -2.20. The summed E-state index contributed by atoms with van der Waals surface area (Å²) in [6, 6.07) is -0.950. The van der Waals surface area contributed by atoms with Gasteiger partial charge in [0.2, 0.25) is 23.6 Å². The van der Waals surface area contributed by atoms with E-state index in [0.717, 1.165) is 96.9 Å². The van der Waals surface area contributed by atoms with Gasteiger partial charge < -0.3 is 30.7 Å². The van der Waals surface area contributed by atoms with Crippen molar-refractivity contribution >= 4 is 23.6 Å². The third kappa shape index (κ3) is 43.5. The van der Waals surface area contributed by atoms with Crippen LogP contribution >= 0.6 is 0 Å². The highest BCUT2D eigenvalue weighted by Crippen LogP contribution is 2.21. The number of carbonyl (C=O) groups is 4. The molecule has 0 aromatic rings. The number of hydrogen-bond acceptors (Lipinski definition) is 6. The first kappa shape index (κ1) is 75.8. The van der Waals surface area contributed by atoms with Crippen molar-refractivity contribution in [3.63, 3.8) is 0 Å². The van der Waals surface area contributed by atoms with Crippen LogP contribution in [0.1, 0.15) is 332 Å². The van der Waals surface area contributed by atoms with E-state index in [4.69, 9.17) is 0 Å². The normalized spacial score (nSPS) is 12.5. The van der Waals surface area contributed by atoms with Gasteiger partial charge >= 0.3 is 0 Å². The summed E-state index contributed by atoms with van der Waals surface area (Å²) in [5.74, 6) is 0.180. The van der Waals surface area contributed by atoms with E-state index in [9.17, 15) is 19.2 Å². The highest BCUT2D eigenvalue weighted by molar-refractivity contribution is 5.88. The molecule has 0 bridgehead atoms. The Morgan fingerprint density at radius 1 is 0.321 bits per heavy atom. The molecule has 10 heteroatoms. The van der Waals surface area contributed by atoms with Crippen molar-refractivity contribution in [2.75, 3.05) is 58.9 Å². The second-order valence-corrected chi connectivity index (χ2v) is 24.4. The molecule has 10 nitrogen and oxygen atoms in total. The van der Waals surface area contributed by atoms with Crippen LogP contribution < -0.4 is 16.0 Å². The maximum absolute atomic E-state index is 13.9. The van der Waals surface area contributed by atoms with Crippen LogP contribution in [0.4, 0.5) is 0 Å². The summed E-state index contributed by atoms with van der Waals surface area (Å²) in [7, 11) is 0. The van der Waals surface area contributed by atoms with Gasteiger partial charge in [0.25, 0.3) is 0 Å². The summed E-state index contributed by atoms with van der Waals surface area (Å²) in [6.45, 7) is 26.3. The minimum absolute atomic E-state index is 0.0131. The fraction of sp³-hybridized carbons (Fsp3) is 0.941. The molecular formula is C68H136N6O4. The van der Waals surface area contributed by atoms with Crippen molar-refractivity contribution in [1.82, 2.24) is 30.7 Å². The molecule has 0 aromatic carbocycles. The van der Waals surface area contributed by atoms with Gasteiger partial charge in [-0.2, -0.15) is 0 Å². The minimum Gasteiger partial charge on any atom is -0.354 e. The van der Waals surface area contributed by atoms with E-state index in [-0.39, 0.29) is 35.5 Å². The highest BCUT2D eigenvalue weighted by Gasteiger charge is 2.33. The smallest absolute Gasteiger partial charge is 0.243 e. The molecule has 0 radical (unpaired) electrons. The molecule has 0 aromatic heterocycles. The van der Waals surface area contributed by atoms with Gasteiger partial charge in [0.1, 0.15) is 12.1 Å². The molecule has 2 unspecified atom stereocenters. The Balaban J connectivity index is 4.85. The van der Waals surface area contributed by atoms with Gasteiger partial charge in [-0.05, 0) is 83.1 Å². The fourth-order valence-corrected chi connectivity index (χ4v) is 11.5. The van der Waals surface area contributed by atoms with E-state index < -0.39 is 12.1 Å². The van der Waals surface area contributed by atoms with Gasteiger partial charge in [0.05, 0.1) is 0 Å². The molecule has 4 amide bonds. The number of hydrogen-bond donors (Lipinski definition) is 3. The molecule has 0 fully saturated rings. The number of carbonyl (C=O) groups excluding carboxylic acids is 4. The first-order valence-corrected chi connectivity index (χ1v) is 34.6. The molecule has 3 N–H and O–H groups in total. The zero-order chi connectivity index (χ0) is 57.5. The van der Waals surface area contributed by atoms with Crippen LogP contribution in [-0.4, -0.2) is 109 Å². The summed E-state index contributed by atoms with van der Waals surface area (Å²) < 4.78 is 0. The molecule has 0 spiro atoms. The van der Waals surface area contributed by atoms with Gasteiger partial charge in [-0.25, -0.2) is 0 Å².